The average molecular weight is 392 g/mol. The Bertz CT molecular complexity index is 806. The second-order valence-electron chi connectivity index (χ2n) is 6.56. The smallest absolute Gasteiger partial charge is 0.341 e. The molecule has 0 bridgehead atoms. The van der Waals surface area contributed by atoms with Gasteiger partial charge in [0.25, 0.3) is 5.91 Å². The summed E-state index contributed by atoms with van der Waals surface area (Å²) in [6.45, 7) is 6.36. The van der Waals surface area contributed by atoms with Gasteiger partial charge in [0.05, 0.1) is 17.0 Å². The van der Waals surface area contributed by atoms with Crippen LogP contribution in [0.1, 0.15) is 69.0 Å². The number of ether oxygens (including phenoxy) is 1. The molecule has 2 aromatic heterocycles. The topological polar surface area (TPSA) is 55.4 Å². The van der Waals surface area contributed by atoms with E-state index in [0.29, 0.717) is 17.2 Å². The number of nitrogens with one attached hydrogen (secondary N) is 1. The standard InChI is InChI=1S/C20H25NO3S2/c1-4-12-7-8-16-13(9-12)10-17(26-16)18(22)21-19-15(20(23)24-6-3)11-14(5-2)25-19/h10-12H,4-9H2,1-3H3,(H,21,22)/t12-/m0/s1. The first-order valence-electron chi connectivity index (χ1n) is 9.28. The second kappa shape index (κ2) is 8.35. The minimum atomic E-state index is -0.380. The average Bonchev–Trinajstić information content (AvgIpc) is 3.24. The SMILES string of the molecule is CCOC(=O)c1cc(CC)sc1NC(=O)c1cc2c(s1)CC[C@H](CC)C2. The van der Waals surface area contributed by atoms with Crippen LogP contribution in [0.25, 0.3) is 0 Å². The molecule has 1 atom stereocenters. The van der Waals surface area contributed by atoms with Gasteiger partial charge in [0.2, 0.25) is 0 Å². The molecule has 2 heterocycles. The highest BCUT2D eigenvalue weighted by Gasteiger charge is 2.24. The van der Waals surface area contributed by atoms with Gasteiger partial charge in [-0.2, -0.15) is 0 Å². The number of hydrogen-bond donors (Lipinski definition) is 1. The lowest BCUT2D eigenvalue weighted by Crippen LogP contribution is -2.13. The number of aryl methyl sites for hydroxylation is 2. The summed E-state index contributed by atoms with van der Waals surface area (Å²) in [4.78, 5) is 28.1. The van der Waals surface area contributed by atoms with Gasteiger partial charge in [-0.1, -0.05) is 20.3 Å². The van der Waals surface area contributed by atoms with Crippen LogP contribution in [-0.4, -0.2) is 18.5 Å². The molecule has 1 N–H and O–H groups in total. The lowest BCUT2D eigenvalue weighted by Gasteiger charge is -2.19. The Morgan fingerprint density at radius 1 is 1.23 bits per heavy atom. The number of carbonyl (C=O) groups is 2. The number of fused-ring (bicyclic) bond motifs is 1. The van der Waals surface area contributed by atoms with Crippen molar-refractivity contribution in [2.45, 2.75) is 52.9 Å². The third kappa shape index (κ3) is 4.01. The minimum Gasteiger partial charge on any atom is -0.462 e. The zero-order chi connectivity index (χ0) is 18.7. The van der Waals surface area contributed by atoms with Crippen LogP contribution in [0.3, 0.4) is 0 Å². The van der Waals surface area contributed by atoms with E-state index in [4.69, 9.17) is 4.74 Å². The molecule has 1 amide bonds. The molecule has 0 aromatic carbocycles. The van der Waals surface area contributed by atoms with E-state index in [9.17, 15) is 9.59 Å². The maximum Gasteiger partial charge on any atom is 0.341 e. The number of hydrogen-bond acceptors (Lipinski definition) is 5. The van der Waals surface area contributed by atoms with Crippen LogP contribution in [0.4, 0.5) is 5.00 Å². The van der Waals surface area contributed by atoms with Crippen LogP contribution in [0.2, 0.25) is 0 Å². The summed E-state index contributed by atoms with van der Waals surface area (Å²) in [6.07, 6.45) is 5.36. The predicted molar refractivity (Wildman–Crippen MR) is 108 cm³/mol. The van der Waals surface area contributed by atoms with Gasteiger partial charge >= 0.3 is 5.97 Å². The third-order valence-electron chi connectivity index (χ3n) is 4.84. The summed E-state index contributed by atoms with van der Waals surface area (Å²) in [7, 11) is 0. The van der Waals surface area contributed by atoms with Gasteiger partial charge < -0.3 is 10.1 Å². The summed E-state index contributed by atoms with van der Waals surface area (Å²) in [5.74, 6) is 0.218. The summed E-state index contributed by atoms with van der Waals surface area (Å²) < 4.78 is 5.12. The number of thiophene rings is 2. The molecule has 1 aliphatic carbocycles. The Labute approximate surface area is 162 Å². The van der Waals surface area contributed by atoms with E-state index in [-0.39, 0.29) is 11.9 Å². The predicted octanol–water partition coefficient (Wildman–Crippen LogP) is 5.32. The van der Waals surface area contributed by atoms with Crippen molar-refractivity contribution in [3.05, 3.63) is 37.9 Å². The van der Waals surface area contributed by atoms with Crippen molar-refractivity contribution in [2.24, 2.45) is 5.92 Å². The van der Waals surface area contributed by atoms with Gasteiger partial charge in [0.1, 0.15) is 5.00 Å². The Hall–Kier alpha value is -1.66. The molecule has 0 spiro atoms. The van der Waals surface area contributed by atoms with E-state index in [0.717, 1.165) is 34.9 Å². The van der Waals surface area contributed by atoms with Crippen molar-refractivity contribution in [1.82, 2.24) is 0 Å². The van der Waals surface area contributed by atoms with E-state index in [1.807, 2.05) is 19.1 Å². The van der Waals surface area contributed by atoms with Crippen molar-refractivity contribution >= 4 is 39.6 Å². The molecule has 0 aliphatic heterocycles. The second-order valence-corrected chi connectivity index (χ2v) is 8.83. The first-order valence-corrected chi connectivity index (χ1v) is 10.9. The molecular weight excluding hydrogens is 366 g/mol. The Morgan fingerprint density at radius 2 is 2.04 bits per heavy atom. The first kappa shape index (κ1) is 19.1. The zero-order valence-corrected chi connectivity index (χ0v) is 17.1. The van der Waals surface area contributed by atoms with Crippen LogP contribution in [0.15, 0.2) is 12.1 Å². The molecule has 140 valence electrons. The molecule has 6 heteroatoms. The number of carbonyl (C=O) groups excluding carboxylic acids is 2. The Morgan fingerprint density at radius 3 is 2.73 bits per heavy atom. The van der Waals surface area contributed by atoms with E-state index in [1.54, 1.807) is 18.3 Å². The summed E-state index contributed by atoms with van der Waals surface area (Å²) in [6, 6.07) is 3.86. The fourth-order valence-electron chi connectivity index (χ4n) is 3.29. The fourth-order valence-corrected chi connectivity index (χ4v) is 5.38. The molecule has 0 saturated heterocycles. The van der Waals surface area contributed by atoms with Crippen LogP contribution >= 0.6 is 22.7 Å². The van der Waals surface area contributed by atoms with E-state index < -0.39 is 0 Å². The maximum absolute atomic E-state index is 12.8. The van der Waals surface area contributed by atoms with Crippen LogP contribution in [0, 0.1) is 5.92 Å². The highest BCUT2D eigenvalue weighted by Crippen LogP contribution is 2.35. The molecule has 0 radical (unpaired) electrons. The van der Waals surface area contributed by atoms with Gasteiger partial charge in [-0.3, -0.25) is 4.79 Å². The lowest BCUT2D eigenvalue weighted by molar-refractivity contribution is 0.0528. The third-order valence-corrected chi connectivity index (χ3v) is 7.27. The van der Waals surface area contributed by atoms with Gasteiger partial charge in [-0.15, -0.1) is 22.7 Å². The number of amides is 1. The largest absolute Gasteiger partial charge is 0.462 e. The van der Waals surface area contributed by atoms with Crippen LogP contribution in [0.5, 0.6) is 0 Å². The zero-order valence-electron chi connectivity index (χ0n) is 15.5. The highest BCUT2D eigenvalue weighted by atomic mass is 32.1. The minimum absolute atomic E-state index is 0.132. The summed E-state index contributed by atoms with van der Waals surface area (Å²) in [5, 5.41) is 3.53. The Balaban J connectivity index is 1.79. The number of anilines is 1. The van der Waals surface area contributed by atoms with Crippen molar-refractivity contribution < 1.29 is 14.3 Å². The maximum atomic E-state index is 12.8. The first-order chi connectivity index (χ1) is 12.5. The molecule has 0 fully saturated rings. The van der Waals surface area contributed by atoms with Gasteiger partial charge in [-0.05, 0) is 56.2 Å². The van der Waals surface area contributed by atoms with E-state index in [1.165, 1.54) is 34.6 Å². The molecule has 26 heavy (non-hydrogen) atoms. The van der Waals surface area contributed by atoms with Crippen LogP contribution in [-0.2, 0) is 24.0 Å². The monoisotopic (exact) mass is 391 g/mol. The molecular formula is C20H25NO3S2. The molecule has 1 aliphatic rings. The number of esters is 1. The van der Waals surface area contributed by atoms with Gasteiger partial charge in [0, 0.05) is 9.75 Å². The van der Waals surface area contributed by atoms with Crippen LogP contribution < -0.4 is 5.32 Å². The van der Waals surface area contributed by atoms with Crippen molar-refractivity contribution in [3.8, 4) is 0 Å². The van der Waals surface area contributed by atoms with E-state index >= 15 is 0 Å². The van der Waals surface area contributed by atoms with Crippen molar-refractivity contribution in [1.29, 1.82) is 0 Å². The summed E-state index contributed by atoms with van der Waals surface area (Å²) in [5.41, 5.74) is 1.78. The summed E-state index contributed by atoms with van der Waals surface area (Å²) >= 11 is 3.04. The molecule has 3 rings (SSSR count). The Kier molecular flexibility index (Phi) is 6.14. The lowest BCUT2D eigenvalue weighted by atomic mass is 9.87. The normalized spacial score (nSPS) is 16.2. The molecule has 0 unspecified atom stereocenters. The van der Waals surface area contributed by atoms with E-state index in [2.05, 4.69) is 12.2 Å². The molecule has 2 aromatic rings. The van der Waals surface area contributed by atoms with Gasteiger partial charge in [-0.25, -0.2) is 4.79 Å². The molecule has 0 saturated carbocycles. The highest BCUT2D eigenvalue weighted by molar-refractivity contribution is 7.17. The van der Waals surface area contributed by atoms with Crippen molar-refractivity contribution in [3.63, 3.8) is 0 Å². The fraction of sp³-hybridized carbons (Fsp3) is 0.500. The van der Waals surface area contributed by atoms with Gasteiger partial charge in [0.15, 0.2) is 0 Å². The molecule has 4 nitrogen and oxygen atoms in total. The van der Waals surface area contributed by atoms with Crippen molar-refractivity contribution in [2.75, 3.05) is 11.9 Å². The number of rotatable bonds is 6. The quantitative estimate of drug-likeness (QED) is 0.678.